The Morgan fingerprint density at radius 3 is 2.61 bits per heavy atom. The number of methoxy groups -OCH3 is 2. The molecule has 1 aromatic carbocycles. The van der Waals surface area contributed by atoms with E-state index < -0.39 is 0 Å². The Bertz CT molecular complexity index is 601. The topological polar surface area (TPSA) is 93.1 Å². The van der Waals surface area contributed by atoms with Crippen molar-refractivity contribution < 1.29 is 9.47 Å². The molecule has 0 saturated heterocycles. The molecule has 4 N–H and O–H groups in total. The Hall–Kier alpha value is -2.21. The maximum atomic E-state index is 11.6. The standard InChI is InChI=1S/C12H15N3O3/c1-17-7-3-4-10(18-2)8(5-7)11-9(6-13)12(16)15-14-11/h3-5H,6,13H2,1-2H3,(H2,14,15,16). The minimum atomic E-state index is -0.225. The highest BCUT2D eigenvalue weighted by molar-refractivity contribution is 5.71. The molecule has 0 saturated carbocycles. The molecule has 0 bridgehead atoms. The van der Waals surface area contributed by atoms with Crippen molar-refractivity contribution in [1.82, 2.24) is 10.2 Å². The fourth-order valence-electron chi connectivity index (χ4n) is 1.82. The average molecular weight is 249 g/mol. The average Bonchev–Trinajstić information content (AvgIpc) is 2.78. The van der Waals surface area contributed by atoms with Gasteiger partial charge in [0.25, 0.3) is 5.56 Å². The van der Waals surface area contributed by atoms with Crippen molar-refractivity contribution in [2.45, 2.75) is 6.54 Å². The predicted molar refractivity (Wildman–Crippen MR) is 67.8 cm³/mol. The minimum Gasteiger partial charge on any atom is -0.497 e. The number of hydrogen-bond donors (Lipinski definition) is 3. The van der Waals surface area contributed by atoms with Gasteiger partial charge in [-0.1, -0.05) is 0 Å². The lowest BCUT2D eigenvalue weighted by atomic mass is 10.1. The number of aromatic nitrogens is 2. The van der Waals surface area contributed by atoms with Crippen LogP contribution in [-0.2, 0) is 6.54 Å². The van der Waals surface area contributed by atoms with Crippen molar-refractivity contribution >= 4 is 0 Å². The Kier molecular flexibility index (Phi) is 3.38. The maximum absolute atomic E-state index is 11.6. The number of hydrogen-bond acceptors (Lipinski definition) is 4. The van der Waals surface area contributed by atoms with E-state index in [-0.39, 0.29) is 12.1 Å². The van der Waals surface area contributed by atoms with E-state index in [2.05, 4.69) is 10.2 Å². The first-order valence-corrected chi connectivity index (χ1v) is 5.43. The van der Waals surface area contributed by atoms with Gasteiger partial charge in [0.2, 0.25) is 0 Å². The number of nitrogens with one attached hydrogen (secondary N) is 2. The molecule has 0 atom stereocenters. The summed E-state index contributed by atoms with van der Waals surface area (Å²) < 4.78 is 10.4. The zero-order valence-electron chi connectivity index (χ0n) is 10.2. The first-order valence-electron chi connectivity index (χ1n) is 5.43. The molecule has 2 aromatic rings. The van der Waals surface area contributed by atoms with Crippen molar-refractivity contribution in [3.8, 4) is 22.8 Å². The van der Waals surface area contributed by atoms with Crippen LogP contribution in [0.1, 0.15) is 5.56 Å². The molecule has 96 valence electrons. The molecule has 0 aliphatic rings. The van der Waals surface area contributed by atoms with Crippen LogP contribution in [0, 0.1) is 0 Å². The molecule has 0 amide bonds. The molecule has 0 radical (unpaired) electrons. The van der Waals surface area contributed by atoms with Crippen LogP contribution in [0.15, 0.2) is 23.0 Å². The molecular formula is C12H15N3O3. The SMILES string of the molecule is COc1ccc(OC)c(-c2[nH][nH]c(=O)c2CN)c1. The summed E-state index contributed by atoms with van der Waals surface area (Å²) in [6, 6.07) is 5.35. The van der Waals surface area contributed by atoms with Crippen LogP contribution in [0.2, 0.25) is 0 Å². The van der Waals surface area contributed by atoms with Gasteiger partial charge in [-0.2, -0.15) is 0 Å². The number of H-pyrrole nitrogens is 2. The third kappa shape index (κ3) is 1.98. The molecule has 2 rings (SSSR count). The normalized spacial score (nSPS) is 10.4. The van der Waals surface area contributed by atoms with Crippen molar-refractivity contribution in [2.75, 3.05) is 14.2 Å². The Morgan fingerprint density at radius 1 is 1.22 bits per heavy atom. The minimum absolute atomic E-state index is 0.147. The van der Waals surface area contributed by atoms with Gasteiger partial charge in [0.15, 0.2) is 0 Å². The van der Waals surface area contributed by atoms with Crippen molar-refractivity contribution in [1.29, 1.82) is 0 Å². The fraction of sp³-hybridized carbons (Fsp3) is 0.250. The first-order chi connectivity index (χ1) is 8.71. The quantitative estimate of drug-likeness (QED) is 0.748. The van der Waals surface area contributed by atoms with Crippen molar-refractivity contribution in [3.63, 3.8) is 0 Å². The third-order valence-corrected chi connectivity index (χ3v) is 2.76. The summed E-state index contributed by atoms with van der Waals surface area (Å²) in [5.74, 6) is 1.32. The van der Waals surface area contributed by atoms with E-state index in [0.717, 1.165) is 5.56 Å². The lowest BCUT2D eigenvalue weighted by Crippen LogP contribution is -2.10. The van der Waals surface area contributed by atoms with Gasteiger partial charge in [0, 0.05) is 12.1 Å². The Balaban J connectivity index is 2.64. The lowest BCUT2D eigenvalue weighted by Gasteiger charge is -2.10. The number of aromatic amines is 2. The van der Waals surface area contributed by atoms with E-state index in [9.17, 15) is 4.79 Å². The summed E-state index contributed by atoms with van der Waals surface area (Å²) in [7, 11) is 3.15. The zero-order chi connectivity index (χ0) is 13.1. The number of rotatable bonds is 4. The second-order valence-corrected chi connectivity index (χ2v) is 3.70. The largest absolute Gasteiger partial charge is 0.497 e. The lowest BCUT2D eigenvalue weighted by molar-refractivity contribution is 0.404. The molecule has 1 heterocycles. The summed E-state index contributed by atoms with van der Waals surface area (Å²) >= 11 is 0. The number of benzene rings is 1. The summed E-state index contributed by atoms with van der Waals surface area (Å²) in [4.78, 5) is 11.6. The molecule has 0 aliphatic carbocycles. The monoisotopic (exact) mass is 249 g/mol. The van der Waals surface area contributed by atoms with Crippen LogP contribution in [-0.4, -0.2) is 24.4 Å². The molecule has 0 aliphatic heterocycles. The summed E-state index contributed by atoms with van der Waals surface area (Å²) in [5.41, 5.74) is 7.20. The molecule has 0 spiro atoms. The van der Waals surface area contributed by atoms with E-state index >= 15 is 0 Å². The van der Waals surface area contributed by atoms with Gasteiger partial charge >= 0.3 is 0 Å². The van der Waals surface area contributed by atoms with Gasteiger partial charge in [-0.25, -0.2) is 0 Å². The van der Waals surface area contributed by atoms with Gasteiger partial charge in [-0.3, -0.25) is 15.0 Å². The van der Waals surface area contributed by atoms with Crippen LogP contribution < -0.4 is 20.8 Å². The predicted octanol–water partition coefficient (Wildman–Crippen LogP) is 0.846. The van der Waals surface area contributed by atoms with Gasteiger partial charge in [0.05, 0.1) is 25.5 Å². The Morgan fingerprint density at radius 2 is 2.00 bits per heavy atom. The molecule has 6 heteroatoms. The number of nitrogens with two attached hydrogens (primary N) is 1. The van der Waals surface area contributed by atoms with E-state index in [1.54, 1.807) is 32.4 Å². The molecular weight excluding hydrogens is 234 g/mol. The zero-order valence-corrected chi connectivity index (χ0v) is 10.2. The molecule has 0 unspecified atom stereocenters. The van der Waals surface area contributed by atoms with Crippen LogP contribution in [0.25, 0.3) is 11.3 Å². The van der Waals surface area contributed by atoms with E-state index in [1.807, 2.05) is 0 Å². The van der Waals surface area contributed by atoms with Crippen LogP contribution in [0.4, 0.5) is 0 Å². The third-order valence-electron chi connectivity index (χ3n) is 2.76. The van der Waals surface area contributed by atoms with Crippen molar-refractivity contribution in [2.24, 2.45) is 5.73 Å². The van der Waals surface area contributed by atoms with Crippen LogP contribution in [0.5, 0.6) is 11.5 Å². The fourth-order valence-corrected chi connectivity index (χ4v) is 1.82. The van der Waals surface area contributed by atoms with Gasteiger partial charge in [0.1, 0.15) is 11.5 Å². The number of ether oxygens (including phenoxy) is 2. The smallest absolute Gasteiger partial charge is 0.269 e. The van der Waals surface area contributed by atoms with Gasteiger partial charge in [-0.15, -0.1) is 0 Å². The maximum Gasteiger partial charge on any atom is 0.269 e. The van der Waals surface area contributed by atoms with Crippen LogP contribution >= 0.6 is 0 Å². The second kappa shape index (κ2) is 4.97. The molecule has 0 fully saturated rings. The Labute approximate surface area is 104 Å². The summed E-state index contributed by atoms with van der Waals surface area (Å²) in [5, 5.41) is 5.33. The van der Waals surface area contributed by atoms with E-state index in [4.69, 9.17) is 15.2 Å². The highest BCUT2D eigenvalue weighted by Crippen LogP contribution is 2.32. The highest BCUT2D eigenvalue weighted by atomic mass is 16.5. The van der Waals surface area contributed by atoms with E-state index in [0.29, 0.717) is 22.8 Å². The highest BCUT2D eigenvalue weighted by Gasteiger charge is 2.15. The van der Waals surface area contributed by atoms with Crippen LogP contribution in [0.3, 0.4) is 0 Å². The van der Waals surface area contributed by atoms with E-state index in [1.165, 1.54) is 0 Å². The summed E-state index contributed by atoms with van der Waals surface area (Å²) in [6.07, 6.45) is 0. The molecule has 1 aromatic heterocycles. The summed E-state index contributed by atoms with van der Waals surface area (Å²) in [6.45, 7) is 0.147. The first kappa shape index (κ1) is 12.3. The molecule has 18 heavy (non-hydrogen) atoms. The molecule has 6 nitrogen and oxygen atoms in total. The second-order valence-electron chi connectivity index (χ2n) is 3.70. The van der Waals surface area contributed by atoms with Crippen molar-refractivity contribution in [3.05, 3.63) is 34.1 Å². The van der Waals surface area contributed by atoms with Gasteiger partial charge in [-0.05, 0) is 18.2 Å². The van der Waals surface area contributed by atoms with Gasteiger partial charge < -0.3 is 15.2 Å².